The van der Waals surface area contributed by atoms with E-state index in [1.807, 2.05) is 0 Å². The van der Waals surface area contributed by atoms with Gasteiger partial charge < -0.3 is 10.5 Å². The first-order valence-electron chi connectivity index (χ1n) is 8.06. The van der Waals surface area contributed by atoms with Crippen molar-refractivity contribution in [2.75, 3.05) is 6.61 Å². The molecular formula is C16H35NO. The molecule has 0 bridgehead atoms. The van der Waals surface area contributed by atoms with Gasteiger partial charge in [0, 0.05) is 12.6 Å². The maximum Gasteiger partial charge on any atom is 0.0827 e. The normalized spacial score (nSPS) is 13.8. The SMILES string of the molecule is CCCCCCCCC(N)C(CC)(CC)OCC. The molecule has 0 radical (unpaired) electrons. The summed E-state index contributed by atoms with van der Waals surface area (Å²) in [4.78, 5) is 0. The third kappa shape index (κ3) is 6.19. The van der Waals surface area contributed by atoms with Gasteiger partial charge >= 0.3 is 0 Å². The van der Waals surface area contributed by atoms with E-state index < -0.39 is 0 Å². The lowest BCUT2D eigenvalue weighted by Gasteiger charge is -2.37. The van der Waals surface area contributed by atoms with Crippen LogP contribution in [0.2, 0.25) is 0 Å². The maximum atomic E-state index is 6.38. The topological polar surface area (TPSA) is 35.2 Å². The highest BCUT2D eigenvalue weighted by Gasteiger charge is 2.33. The molecule has 0 aliphatic carbocycles. The van der Waals surface area contributed by atoms with E-state index in [-0.39, 0.29) is 11.6 Å². The van der Waals surface area contributed by atoms with Crippen molar-refractivity contribution < 1.29 is 4.74 Å². The summed E-state index contributed by atoms with van der Waals surface area (Å²) in [5.41, 5.74) is 6.29. The molecule has 2 heteroatoms. The molecule has 1 unspecified atom stereocenters. The fraction of sp³-hybridized carbons (Fsp3) is 1.00. The number of rotatable bonds is 12. The van der Waals surface area contributed by atoms with Crippen molar-refractivity contribution in [3.63, 3.8) is 0 Å². The summed E-state index contributed by atoms with van der Waals surface area (Å²) in [6, 6.07) is 0.193. The van der Waals surface area contributed by atoms with Crippen molar-refractivity contribution in [2.45, 2.75) is 97.1 Å². The van der Waals surface area contributed by atoms with Crippen LogP contribution in [0.1, 0.15) is 85.5 Å². The smallest absolute Gasteiger partial charge is 0.0827 e. The van der Waals surface area contributed by atoms with Gasteiger partial charge in [-0.25, -0.2) is 0 Å². The van der Waals surface area contributed by atoms with Gasteiger partial charge in [-0.3, -0.25) is 0 Å². The Balaban J connectivity index is 3.92. The molecule has 0 fully saturated rings. The molecule has 0 aliphatic heterocycles. The van der Waals surface area contributed by atoms with Crippen molar-refractivity contribution in [1.82, 2.24) is 0 Å². The molecule has 2 nitrogen and oxygen atoms in total. The molecular weight excluding hydrogens is 222 g/mol. The Hall–Kier alpha value is -0.0800. The molecule has 0 heterocycles. The predicted molar refractivity (Wildman–Crippen MR) is 80.9 cm³/mol. The van der Waals surface area contributed by atoms with Gasteiger partial charge in [-0.05, 0) is 26.2 Å². The van der Waals surface area contributed by atoms with Crippen LogP contribution in [0.25, 0.3) is 0 Å². The molecule has 0 aliphatic rings. The number of unbranched alkanes of at least 4 members (excludes halogenated alkanes) is 5. The van der Waals surface area contributed by atoms with Crippen LogP contribution in [-0.2, 0) is 4.74 Å². The van der Waals surface area contributed by atoms with Crippen LogP contribution in [0.4, 0.5) is 0 Å². The molecule has 0 aromatic heterocycles. The number of hydrogen-bond acceptors (Lipinski definition) is 2. The third-order valence-corrected chi connectivity index (χ3v) is 4.17. The zero-order valence-electron chi connectivity index (χ0n) is 13.1. The van der Waals surface area contributed by atoms with Gasteiger partial charge in [0.05, 0.1) is 5.60 Å². The molecule has 1 atom stereocenters. The lowest BCUT2D eigenvalue weighted by molar-refractivity contribution is -0.0654. The van der Waals surface area contributed by atoms with Crippen molar-refractivity contribution in [3.05, 3.63) is 0 Å². The Labute approximate surface area is 115 Å². The van der Waals surface area contributed by atoms with Crippen LogP contribution in [0.15, 0.2) is 0 Å². The van der Waals surface area contributed by atoms with Crippen LogP contribution < -0.4 is 5.73 Å². The highest BCUT2D eigenvalue weighted by Crippen LogP contribution is 2.27. The average molecular weight is 257 g/mol. The van der Waals surface area contributed by atoms with Gasteiger partial charge in [-0.1, -0.05) is 59.3 Å². The lowest BCUT2D eigenvalue weighted by Crippen LogP contribution is -2.49. The third-order valence-electron chi connectivity index (χ3n) is 4.17. The summed E-state index contributed by atoms with van der Waals surface area (Å²) in [7, 11) is 0. The second-order valence-corrected chi connectivity index (χ2v) is 5.37. The van der Waals surface area contributed by atoms with Crippen molar-refractivity contribution in [3.8, 4) is 0 Å². The van der Waals surface area contributed by atoms with Crippen LogP contribution in [-0.4, -0.2) is 18.2 Å². The van der Waals surface area contributed by atoms with Gasteiger partial charge in [0.2, 0.25) is 0 Å². The average Bonchev–Trinajstić information content (AvgIpc) is 2.40. The van der Waals surface area contributed by atoms with E-state index in [2.05, 4.69) is 27.7 Å². The van der Waals surface area contributed by atoms with Gasteiger partial charge in [-0.15, -0.1) is 0 Å². The van der Waals surface area contributed by atoms with E-state index in [1.54, 1.807) is 0 Å². The molecule has 2 N–H and O–H groups in total. The molecule has 0 spiro atoms. The van der Waals surface area contributed by atoms with Gasteiger partial charge in [0.1, 0.15) is 0 Å². The first-order valence-corrected chi connectivity index (χ1v) is 8.06. The minimum Gasteiger partial charge on any atom is -0.374 e. The maximum absolute atomic E-state index is 6.38. The quantitative estimate of drug-likeness (QED) is 0.516. The van der Waals surface area contributed by atoms with Crippen molar-refractivity contribution in [2.24, 2.45) is 5.73 Å². The molecule has 18 heavy (non-hydrogen) atoms. The Morgan fingerprint density at radius 2 is 1.44 bits per heavy atom. The van der Waals surface area contributed by atoms with Crippen LogP contribution in [0, 0.1) is 0 Å². The van der Waals surface area contributed by atoms with E-state index >= 15 is 0 Å². The van der Waals surface area contributed by atoms with E-state index in [0.717, 1.165) is 25.9 Å². The Kier molecular flexibility index (Phi) is 10.8. The van der Waals surface area contributed by atoms with E-state index in [0.29, 0.717) is 0 Å². The molecule has 110 valence electrons. The molecule has 0 amide bonds. The van der Waals surface area contributed by atoms with Crippen LogP contribution in [0.5, 0.6) is 0 Å². The first-order chi connectivity index (χ1) is 8.66. The number of nitrogens with two attached hydrogens (primary N) is 1. The fourth-order valence-electron chi connectivity index (χ4n) is 2.78. The Bertz CT molecular complexity index is 178. The Morgan fingerprint density at radius 1 is 0.889 bits per heavy atom. The summed E-state index contributed by atoms with van der Waals surface area (Å²) in [6.07, 6.45) is 11.2. The van der Waals surface area contributed by atoms with Crippen molar-refractivity contribution in [1.29, 1.82) is 0 Å². The van der Waals surface area contributed by atoms with E-state index in [1.165, 1.54) is 38.5 Å². The van der Waals surface area contributed by atoms with E-state index in [9.17, 15) is 0 Å². The molecule has 0 saturated carbocycles. The zero-order valence-corrected chi connectivity index (χ0v) is 13.1. The largest absolute Gasteiger partial charge is 0.374 e. The van der Waals surface area contributed by atoms with Gasteiger partial charge in [0.15, 0.2) is 0 Å². The lowest BCUT2D eigenvalue weighted by atomic mass is 9.85. The number of hydrogen-bond donors (Lipinski definition) is 1. The predicted octanol–water partition coefficient (Wildman–Crippen LogP) is 4.66. The highest BCUT2D eigenvalue weighted by atomic mass is 16.5. The zero-order chi connectivity index (χ0) is 13.9. The van der Waals surface area contributed by atoms with Crippen LogP contribution >= 0.6 is 0 Å². The first kappa shape index (κ1) is 17.9. The standard InChI is InChI=1S/C16H35NO/c1-5-9-10-11-12-13-14-15(17)16(6-2,7-3)18-8-4/h15H,5-14,17H2,1-4H3. The summed E-state index contributed by atoms with van der Waals surface area (Å²) >= 11 is 0. The minimum atomic E-state index is -0.0852. The van der Waals surface area contributed by atoms with Crippen molar-refractivity contribution >= 4 is 0 Å². The molecule has 0 aromatic rings. The summed E-state index contributed by atoms with van der Waals surface area (Å²) < 4.78 is 5.96. The fourth-order valence-corrected chi connectivity index (χ4v) is 2.78. The number of ether oxygens (including phenoxy) is 1. The minimum absolute atomic E-state index is 0.0852. The van der Waals surface area contributed by atoms with Gasteiger partial charge in [0.25, 0.3) is 0 Å². The second kappa shape index (κ2) is 10.8. The Morgan fingerprint density at radius 3 is 1.94 bits per heavy atom. The highest BCUT2D eigenvalue weighted by molar-refractivity contribution is 4.89. The van der Waals surface area contributed by atoms with Gasteiger partial charge in [-0.2, -0.15) is 0 Å². The summed E-state index contributed by atoms with van der Waals surface area (Å²) in [6.45, 7) is 9.48. The summed E-state index contributed by atoms with van der Waals surface area (Å²) in [5.74, 6) is 0. The summed E-state index contributed by atoms with van der Waals surface area (Å²) in [5, 5.41) is 0. The molecule has 0 saturated heterocycles. The van der Waals surface area contributed by atoms with Crippen LogP contribution in [0.3, 0.4) is 0 Å². The molecule has 0 aromatic carbocycles. The second-order valence-electron chi connectivity index (χ2n) is 5.37. The van der Waals surface area contributed by atoms with E-state index in [4.69, 9.17) is 10.5 Å². The molecule has 0 rings (SSSR count). The monoisotopic (exact) mass is 257 g/mol.